The molecular formula is C45H31NO. The van der Waals surface area contributed by atoms with E-state index in [1.54, 1.807) is 0 Å². The van der Waals surface area contributed by atoms with Crippen LogP contribution < -0.4 is 4.90 Å². The van der Waals surface area contributed by atoms with Gasteiger partial charge in [-0.2, -0.15) is 0 Å². The van der Waals surface area contributed by atoms with Crippen molar-refractivity contribution in [3.05, 3.63) is 182 Å². The molecule has 0 amide bonds. The van der Waals surface area contributed by atoms with Gasteiger partial charge in [0.15, 0.2) is 0 Å². The smallest absolute Gasteiger partial charge is 0.143 e. The molecule has 1 aliphatic rings. The van der Waals surface area contributed by atoms with Crippen LogP contribution in [0.4, 0.5) is 17.1 Å². The van der Waals surface area contributed by atoms with E-state index < -0.39 is 0 Å². The highest BCUT2D eigenvalue weighted by atomic mass is 16.3. The van der Waals surface area contributed by atoms with Gasteiger partial charge in [0, 0.05) is 22.1 Å². The summed E-state index contributed by atoms with van der Waals surface area (Å²) in [7, 11) is 0. The molecule has 1 aliphatic carbocycles. The predicted molar refractivity (Wildman–Crippen MR) is 200 cm³/mol. The van der Waals surface area contributed by atoms with Crippen molar-refractivity contribution in [3.63, 3.8) is 0 Å². The van der Waals surface area contributed by atoms with Crippen LogP contribution in [0.1, 0.15) is 12.0 Å². The Bertz CT molecular complexity index is 2550. The first-order valence-electron chi connectivity index (χ1n) is 16.1. The first-order valence-corrected chi connectivity index (χ1v) is 16.1. The van der Waals surface area contributed by atoms with Crippen LogP contribution in [-0.4, -0.2) is 0 Å². The molecule has 9 rings (SSSR count). The molecule has 47 heavy (non-hydrogen) atoms. The van der Waals surface area contributed by atoms with E-state index in [1.165, 1.54) is 38.4 Å². The van der Waals surface area contributed by atoms with Gasteiger partial charge in [-0.15, -0.1) is 0 Å². The van der Waals surface area contributed by atoms with Gasteiger partial charge in [0.05, 0.1) is 11.1 Å². The van der Waals surface area contributed by atoms with E-state index in [0.717, 1.165) is 56.4 Å². The zero-order valence-electron chi connectivity index (χ0n) is 25.9. The third kappa shape index (κ3) is 4.65. The third-order valence-electron chi connectivity index (χ3n) is 9.34. The lowest BCUT2D eigenvalue weighted by atomic mass is 9.95. The minimum absolute atomic E-state index is 0.869. The van der Waals surface area contributed by atoms with Crippen LogP contribution in [0.15, 0.2) is 180 Å². The Labute approximate surface area is 273 Å². The van der Waals surface area contributed by atoms with Crippen molar-refractivity contribution in [1.29, 1.82) is 0 Å². The normalized spacial score (nSPS) is 13.1. The third-order valence-corrected chi connectivity index (χ3v) is 9.34. The fourth-order valence-electron chi connectivity index (χ4n) is 7.02. The summed E-state index contributed by atoms with van der Waals surface area (Å²) in [5.41, 5.74) is 11.0. The van der Waals surface area contributed by atoms with E-state index in [4.69, 9.17) is 4.42 Å². The monoisotopic (exact) mass is 601 g/mol. The van der Waals surface area contributed by atoms with Crippen LogP contribution in [0.25, 0.3) is 60.2 Å². The second kappa shape index (κ2) is 11.0. The Morgan fingerprint density at radius 1 is 0.553 bits per heavy atom. The molecule has 0 unspecified atom stereocenters. The maximum atomic E-state index is 6.75. The van der Waals surface area contributed by atoms with Gasteiger partial charge in [-0.25, -0.2) is 0 Å². The maximum absolute atomic E-state index is 6.75. The number of hydrogen-bond donors (Lipinski definition) is 0. The van der Waals surface area contributed by atoms with Crippen LogP contribution in [0.5, 0.6) is 0 Å². The standard InChI is InChI=1S/C45H31NO/c1-30-18-20-32(21-19-30)33-22-25-36(26-23-33)46(37-27-24-31-10-5-6-13-35(31)28-37)42-16-9-17-43-44(42)41-29-40(34-11-3-2-4-12-34)38-14-7-8-15-39(38)45(41)47-43/h2-18,20-29H,1,19H2. The van der Waals surface area contributed by atoms with Gasteiger partial charge in [0.25, 0.3) is 0 Å². The fourth-order valence-corrected chi connectivity index (χ4v) is 7.02. The highest BCUT2D eigenvalue weighted by Crippen LogP contribution is 2.46. The average molecular weight is 602 g/mol. The second-order valence-electron chi connectivity index (χ2n) is 12.2. The van der Waals surface area contributed by atoms with E-state index in [2.05, 4.69) is 175 Å². The molecule has 7 aromatic carbocycles. The van der Waals surface area contributed by atoms with Crippen molar-refractivity contribution in [2.75, 3.05) is 4.90 Å². The minimum atomic E-state index is 0.869. The molecule has 1 aromatic heterocycles. The molecule has 0 bridgehead atoms. The summed E-state index contributed by atoms with van der Waals surface area (Å²) in [4.78, 5) is 2.37. The molecule has 0 saturated carbocycles. The zero-order valence-corrected chi connectivity index (χ0v) is 25.9. The minimum Gasteiger partial charge on any atom is -0.455 e. The van der Waals surface area contributed by atoms with Crippen molar-refractivity contribution in [2.45, 2.75) is 6.42 Å². The Balaban J connectivity index is 1.30. The van der Waals surface area contributed by atoms with Crippen molar-refractivity contribution >= 4 is 66.1 Å². The molecule has 0 saturated heterocycles. The molecule has 0 spiro atoms. The van der Waals surface area contributed by atoms with E-state index >= 15 is 0 Å². The topological polar surface area (TPSA) is 16.4 Å². The SMILES string of the molecule is C=C1C=CC(c2ccc(N(c3ccc4ccccc4c3)c3cccc4oc5c6ccccc6c(-c6ccccc6)cc5c34)cc2)=CC1. The van der Waals surface area contributed by atoms with Gasteiger partial charge in [-0.05, 0) is 87.3 Å². The molecule has 0 radical (unpaired) electrons. The lowest BCUT2D eigenvalue weighted by Crippen LogP contribution is -2.10. The van der Waals surface area contributed by atoms with Crippen molar-refractivity contribution in [1.82, 2.24) is 0 Å². The largest absolute Gasteiger partial charge is 0.455 e. The van der Waals surface area contributed by atoms with Gasteiger partial charge in [-0.3, -0.25) is 0 Å². The summed E-state index contributed by atoms with van der Waals surface area (Å²) in [5.74, 6) is 0. The number of nitrogens with zero attached hydrogens (tertiary/aromatic N) is 1. The number of benzene rings is 7. The van der Waals surface area contributed by atoms with Gasteiger partial charge in [-0.1, -0.05) is 134 Å². The summed E-state index contributed by atoms with van der Waals surface area (Å²) >= 11 is 0. The number of allylic oxidation sites excluding steroid dienone is 5. The molecule has 0 aliphatic heterocycles. The molecule has 222 valence electrons. The molecule has 0 atom stereocenters. The quantitative estimate of drug-likeness (QED) is 0.195. The molecule has 2 heteroatoms. The van der Waals surface area contributed by atoms with Crippen molar-refractivity contribution in [3.8, 4) is 11.1 Å². The number of furan rings is 1. The lowest BCUT2D eigenvalue weighted by molar-refractivity contribution is 0.672. The number of fused-ring (bicyclic) bond motifs is 6. The van der Waals surface area contributed by atoms with Crippen LogP contribution in [0, 0.1) is 0 Å². The molecule has 2 nitrogen and oxygen atoms in total. The van der Waals surface area contributed by atoms with Crippen molar-refractivity contribution in [2.24, 2.45) is 0 Å². The summed E-state index contributed by atoms with van der Waals surface area (Å²) < 4.78 is 6.75. The van der Waals surface area contributed by atoms with Gasteiger partial charge >= 0.3 is 0 Å². The van der Waals surface area contributed by atoms with Gasteiger partial charge in [0.1, 0.15) is 11.2 Å². The van der Waals surface area contributed by atoms with E-state index in [-0.39, 0.29) is 0 Å². The van der Waals surface area contributed by atoms with Crippen LogP contribution in [-0.2, 0) is 0 Å². The summed E-state index contributed by atoms with van der Waals surface area (Å²) in [5, 5.41) is 6.92. The van der Waals surface area contributed by atoms with E-state index in [0.29, 0.717) is 0 Å². The molecular weight excluding hydrogens is 571 g/mol. The summed E-state index contributed by atoms with van der Waals surface area (Å²) in [6.07, 6.45) is 7.41. The first-order chi connectivity index (χ1) is 23.2. The number of hydrogen-bond acceptors (Lipinski definition) is 2. The predicted octanol–water partition coefficient (Wildman–Crippen LogP) is 12.9. The second-order valence-corrected chi connectivity index (χ2v) is 12.2. The maximum Gasteiger partial charge on any atom is 0.143 e. The lowest BCUT2D eigenvalue weighted by Gasteiger charge is -2.27. The van der Waals surface area contributed by atoms with Crippen LogP contribution in [0.2, 0.25) is 0 Å². The Hall–Kier alpha value is -6.12. The zero-order chi connectivity index (χ0) is 31.3. The van der Waals surface area contributed by atoms with E-state index in [9.17, 15) is 0 Å². The van der Waals surface area contributed by atoms with Crippen LogP contribution in [0.3, 0.4) is 0 Å². The molecule has 1 heterocycles. The summed E-state index contributed by atoms with van der Waals surface area (Å²) in [6.45, 7) is 4.10. The molecule has 0 N–H and O–H groups in total. The average Bonchev–Trinajstić information content (AvgIpc) is 3.52. The Morgan fingerprint density at radius 3 is 2.11 bits per heavy atom. The number of rotatable bonds is 5. The van der Waals surface area contributed by atoms with E-state index in [1.807, 2.05) is 0 Å². The number of anilines is 3. The first kappa shape index (κ1) is 27.2. The molecule has 0 fully saturated rings. The fraction of sp³-hybridized carbons (Fsp3) is 0.0222. The Kier molecular flexibility index (Phi) is 6.39. The Morgan fingerprint density at radius 2 is 1.30 bits per heavy atom. The van der Waals surface area contributed by atoms with Gasteiger partial charge < -0.3 is 9.32 Å². The van der Waals surface area contributed by atoms with Gasteiger partial charge in [0.2, 0.25) is 0 Å². The highest BCUT2D eigenvalue weighted by molar-refractivity contribution is 6.22. The molecule has 8 aromatic rings. The summed E-state index contributed by atoms with van der Waals surface area (Å²) in [6, 6.07) is 52.1. The van der Waals surface area contributed by atoms with Crippen molar-refractivity contribution < 1.29 is 4.42 Å². The van der Waals surface area contributed by atoms with Crippen LogP contribution >= 0.6 is 0 Å². The highest BCUT2D eigenvalue weighted by Gasteiger charge is 2.22.